The molecule has 0 fully saturated rings. The van der Waals surface area contributed by atoms with Gasteiger partial charge in [0.2, 0.25) is 0 Å². The molecule has 0 unspecified atom stereocenters. The van der Waals surface area contributed by atoms with Crippen LogP contribution in [-0.2, 0) is 9.53 Å². The first-order chi connectivity index (χ1) is 8.52. The zero-order chi connectivity index (χ0) is 13.5. The molecule has 100 valence electrons. The van der Waals surface area contributed by atoms with Crippen molar-refractivity contribution in [3.05, 3.63) is 30.1 Å². The van der Waals surface area contributed by atoms with Gasteiger partial charge in [-0.1, -0.05) is 0 Å². The van der Waals surface area contributed by atoms with Gasteiger partial charge < -0.3 is 14.8 Å². The van der Waals surface area contributed by atoms with Gasteiger partial charge in [0, 0.05) is 13.2 Å². The number of benzene rings is 1. The van der Waals surface area contributed by atoms with Crippen molar-refractivity contribution < 1.29 is 18.7 Å². The van der Waals surface area contributed by atoms with Crippen LogP contribution in [0, 0.1) is 5.82 Å². The maximum absolute atomic E-state index is 12.7. The van der Waals surface area contributed by atoms with Crippen LogP contribution in [0.1, 0.15) is 13.8 Å². The Bertz CT molecular complexity index is 380. The Morgan fingerprint density at radius 2 is 1.94 bits per heavy atom. The highest BCUT2D eigenvalue weighted by atomic mass is 19.1. The Morgan fingerprint density at radius 3 is 2.50 bits per heavy atom. The molecule has 1 rings (SSSR count). The molecule has 4 nitrogen and oxygen atoms in total. The lowest BCUT2D eigenvalue weighted by Gasteiger charge is -2.18. The second-order valence-electron chi connectivity index (χ2n) is 4.08. The summed E-state index contributed by atoms with van der Waals surface area (Å²) in [6.07, 6.45) is -0.644. The van der Waals surface area contributed by atoms with Crippen molar-refractivity contribution in [2.75, 3.05) is 13.7 Å². The normalized spacial score (nSPS) is 13.8. The number of hydrogen-bond acceptors (Lipinski definition) is 3. The molecule has 0 aliphatic carbocycles. The molecule has 1 N–H and O–H groups in total. The van der Waals surface area contributed by atoms with E-state index in [4.69, 9.17) is 9.47 Å². The molecule has 1 aromatic carbocycles. The first-order valence-electron chi connectivity index (χ1n) is 5.74. The van der Waals surface area contributed by atoms with Gasteiger partial charge in [-0.05, 0) is 38.1 Å². The third kappa shape index (κ3) is 4.71. The van der Waals surface area contributed by atoms with Crippen molar-refractivity contribution >= 4 is 5.91 Å². The molecule has 2 atom stereocenters. The first kappa shape index (κ1) is 14.4. The van der Waals surface area contributed by atoms with Gasteiger partial charge in [0.1, 0.15) is 11.6 Å². The summed E-state index contributed by atoms with van der Waals surface area (Å²) in [5.41, 5.74) is 0. The summed E-state index contributed by atoms with van der Waals surface area (Å²) < 4.78 is 23.0. The molecule has 0 aromatic heterocycles. The smallest absolute Gasteiger partial charge is 0.261 e. The Balaban J connectivity index is 2.46. The van der Waals surface area contributed by atoms with Gasteiger partial charge >= 0.3 is 0 Å². The molecule has 0 bridgehead atoms. The average molecular weight is 255 g/mol. The van der Waals surface area contributed by atoms with Crippen LogP contribution >= 0.6 is 0 Å². The number of rotatable bonds is 6. The molecule has 5 heteroatoms. The van der Waals surface area contributed by atoms with E-state index in [0.29, 0.717) is 12.4 Å². The molecule has 0 heterocycles. The summed E-state index contributed by atoms with van der Waals surface area (Å²) in [7, 11) is 1.57. The van der Waals surface area contributed by atoms with Gasteiger partial charge in [-0.3, -0.25) is 4.79 Å². The number of carbonyl (C=O) groups is 1. The average Bonchev–Trinajstić information content (AvgIpc) is 2.32. The molecular formula is C13H18FNO3. The van der Waals surface area contributed by atoms with E-state index in [1.807, 2.05) is 6.92 Å². The standard InChI is InChI=1S/C13H18FNO3/c1-9(8-17-3)15-13(16)10(2)18-12-6-4-11(14)5-7-12/h4-7,9-10H,8H2,1-3H3,(H,15,16)/t9-,10+/m1/s1. The van der Waals surface area contributed by atoms with Crippen LogP contribution in [0.25, 0.3) is 0 Å². The van der Waals surface area contributed by atoms with Crippen LogP contribution in [0.3, 0.4) is 0 Å². The van der Waals surface area contributed by atoms with E-state index in [2.05, 4.69) is 5.32 Å². The van der Waals surface area contributed by atoms with Crippen molar-refractivity contribution in [1.29, 1.82) is 0 Å². The number of methoxy groups -OCH3 is 1. The van der Waals surface area contributed by atoms with Crippen LogP contribution in [0.4, 0.5) is 4.39 Å². The topological polar surface area (TPSA) is 47.6 Å². The second kappa shape index (κ2) is 6.96. The quantitative estimate of drug-likeness (QED) is 0.842. The highest BCUT2D eigenvalue weighted by Gasteiger charge is 2.16. The molecule has 0 aliphatic heterocycles. The maximum Gasteiger partial charge on any atom is 0.261 e. The summed E-state index contributed by atoms with van der Waals surface area (Å²) in [6.45, 7) is 3.92. The lowest BCUT2D eigenvalue weighted by atomic mass is 10.3. The minimum absolute atomic E-state index is 0.0817. The van der Waals surface area contributed by atoms with Gasteiger partial charge in [0.15, 0.2) is 6.10 Å². The Labute approximate surface area is 106 Å². The molecule has 18 heavy (non-hydrogen) atoms. The van der Waals surface area contributed by atoms with Crippen molar-refractivity contribution in [2.45, 2.75) is 26.0 Å². The van der Waals surface area contributed by atoms with Gasteiger partial charge in [-0.15, -0.1) is 0 Å². The molecule has 1 aromatic rings. The first-order valence-corrected chi connectivity index (χ1v) is 5.74. The number of halogens is 1. The Morgan fingerprint density at radius 1 is 1.33 bits per heavy atom. The van der Waals surface area contributed by atoms with E-state index in [-0.39, 0.29) is 17.8 Å². The van der Waals surface area contributed by atoms with E-state index in [1.54, 1.807) is 14.0 Å². The predicted molar refractivity (Wildman–Crippen MR) is 66.0 cm³/mol. The Hall–Kier alpha value is -1.62. The second-order valence-corrected chi connectivity index (χ2v) is 4.08. The maximum atomic E-state index is 12.7. The molecule has 0 spiro atoms. The lowest BCUT2D eigenvalue weighted by Crippen LogP contribution is -2.43. The molecule has 1 amide bonds. The number of ether oxygens (including phenoxy) is 2. The summed E-state index contributed by atoms with van der Waals surface area (Å²) in [5, 5.41) is 2.75. The molecule has 0 saturated carbocycles. The van der Waals surface area contributed by atoms with Gasteiger partial charge in [-0.2, -0.15) is 0 Å². The third-order valence-electron chi connectivity index (χ3n) is 2.30. The minimum Gasteiger partial charge on any atom is -0.481 e. The van der Waals surface area contributed by atoms with E-state index >= 15 is 0 Å². The molecular weight excluding hydrogens is 237 g/mol. The van der Waals surface area contributed by atoms with Crippen LogP contribution in [0.15, 0.2) is 24.3 Å². The monoisotopic (exact) mass is 255 g/mol. The zero-order valence-electron chi connectivity index (χ0n) is 10.8. The van der Waals surface area contributed by atoms with E-state index in [9.17, 15) is 9.18 Å². The van der Waals surface area contributed by atoms with Gasteiger partial charge in [-0.25, -0.2) is 4.39 Å². The summed E-state index contributed by atoms with van der Waals surface area (Å²) >= 11 is 0. The van der Waals surface area contributed by atoms with E-state index < -0.39 is 6.10 Å². The van der Waals surface area contributed by atoms with Crippen molar-refractivity contribution in [2.24, 2.45) is 0 Å². The molecule has 0 radical (unpaired) electrons. The van der Waals surface area contributed by atoms with Crippen molar-refractivity contribution in [1.82, 2.24) is 5.32 Å². The van der Waals surface area contributed by atoms with Crippen LogP contribution < -0.4 is 10.1 Å². The fourth-order valence-corrected chi connectivity index (χ4v) is 1.42. The molecule has 0 saturated heterocycles. The van der Waals surface area contributed by atoms with Crippen molar-refractivity contribution in [3.63, 3.8) is 0 Å². The fourth-order valence-electron chi connectivity index (χ4n) is 1.42. The fraction of sp³-hybridized carbons (Fsp3) is 0.462. The number of hydrogen-bond donors (Lipinski definition) is 1. The van der Waals surface area contributed by atoms with Gasteiger partial charge in [0.25, 0.3) is 5.91 Å². The largest absolute Gasteiger partial charge is 0.481 e. The van der Waals surface area contributed by atoms with Gasteiger partial charge in [0.05, 0.1) is 6.61 Å². The SMILES string of the molecule is COC[C@@H](C)NC(=O)[C@H](C)Oc1ccc(F)cc1. The summed E-state index contributed by atoms with van der Waals surface area (Å²) in [4.78, 5) is 11.7. The zero-order valence-corrected chi connectivity index (χ0v) is 10.8. The van der Waals surface area contributed by atoms with Crippen LogP contribution in [0.2, 0.25) is 0 Å². The van der Waals surface area contributed by atoms with Crippen LogP contribution in [-0.4, -0.2) is 31.8 Å². The number of amides is 1. The van der Waals surface area contributed by atoms with E-state index in [0.717, 1.165) is 0 Å². The Kier molecular flexibility index (Phi) is 5.58. The molecule has 0 aliphatic rings. The van der Waals surface area contributed by atoms with Crippen LogP contribution in [0.5, 0.6) is 5.75 Å². The summed E-state index contributed by atoms with van der Waals surface area (Å²) in [6, 6.07) is 5.46. The minimum atomic E-state index is -0.644. The van der Waals surface area contributed by atoms with Crippen molar-refractivity contribution in [3.8, 4) is 5.75 Å². The number of carbonyl (C=O) groups excluding carboxylic acids is 1. The van der Waals surface area contributed by atoms with E-state index in [1.165, 1.54) is 24.3 Å². The number of nitrogens with one attached hydrogen (secondary N) is 1. The highest BCUT2D eigenvalue weighted by Crippen LogP contribution is 2.13. The summed E-state index contributed by atoms with van der Waals surface area (Å²) in [5.74, 6) is -0.115. The third-order valence-corrected chi connectivity index (χ3v) is 2.30. The highest BCUT2D eigenvalue weighted by molar-refractivity contribution is 5.80. The predicted octanol–water partition coefficient (Wildman–Crippen LogP) is 1.74. The lowest BCUT2D eigenvalue weighted by molar-refractivity contribution is -0.128.